The summed E-state index contributed by atoms with van der Waals surface area (Å²) in [6.45, 7) is 5.44. The van der Waals surface area contributed by atoms with Crippen molar-refractivity contribution >= 4 is 47.4 Å². The topological polar surface area (TPSA) is 68.8 Å². The second-order valence-corrected chi connectivity index (χ2v) is 6.53. The van der Waals surface area contributed by atoms with Gasteiger partial charge in [-0.2, -0.15) is 0 Å². The van der Waals surface area contributed by atoms with Crippen LogP contribution in [0.15, 0.2) is 29.3 Å². The molecule has 1 aliphatic rings. The molecule has 1 amide bonds. The minimum atomic E-state index is -0.105. The van der Waals surface area contributed by atoms with Crippen LogP contribution in [-0.4, -0.2) is 63.1 Å². The van der Waals surface area contributed by atoms with Gasteiger partial charge in [-0.15, -0.1) is 24.0 Å². The molecule has 6 nitrogen and oxygen atoms in total. The van der Waals surface area contributed by atoms with Crippen molar-refractivity contribution in [2.75, 3.05) is 46.3 Å². The first-order valence-electron chi connectivity index (χ1n) is 8.89. The van der Waals surface area contributed by atoms with Crippen LogP contribution in [0.3, 0.4) is 0 Å². The second kappa shape index (κ2) is 13.2. The SMILES string of the molecule is CN=C(NCCNC(=O)c1ccc(Cl)cc1)NCCN1CCCCC1.I. The Bertz CT molecular complexity index is 561. The number of carbonyl (C=O) groups is 1. The molecule has 0 aromatic heterocycles. The molecular formula is C18H29ClIN5O. The fourth-order valence-electron chi connectivity index (χ4n) is 2.80. The fourth-order valence-corrected chi connectivity index (χ4v) is 2.92. The van der Waals surface area contributed by atoms with Crippen molar-refractivity contribution in [2.24, 2.45) is 4.99 Å². The van der Waals surface area contributed by atoms with E-state index in [1.807, 2.05) is 0 Å². The second-order valence-electron chi connectivity index (χ2n) is 6.09. The molecule has 0 aliphatic carbocycles. The predicted octanol–water partition coefficient (Wildman–Crippen LogP) is 2.34. The van der Waals surface area contributed by atoms with Crippen molar-refractivity contribution in [2.45, 2.75) is 19.3 Å². The van der Waals surface area contributed by atoms with Gasteiger partial charge < -0.3 is 20.9 Å². The molecule has 1 saturated heterocycles. The van der Waals surface area contributed by atoms with E-state index in [0.29, 0.717) is 23.7 Å². The van der Waals surface area contributed by atoms with E-state index in [0.717, 1.165) is 19.0 Å². The molecule has 1 aliphatic heterocycles. The third kappa shape index (κ3) is 8.55. The number of aliphatic imine (C=N–C) groups is 1. The number of amides is 1. The Morgan fingerprint density at radius 3 is 2.31 bits per heavy atom. The largest absolute Gasteiger partial charge is 0.355 e. The molecule has 1 aromatic carbocycles. The Hall–Kier alpha value is -1.06. The van der Waals surface area contributed by atoms with Gasteiger partial charge in [0.05, 0.1) is 0 Å². The van der Waals surface area contributed by atoms with Gasteiger partial charge in [0, 0.05) is 43.8 Å². The molecule has 0 radical (unpaired) electrons. The molecule has 1 heterocycles. The van der Waals surface area contributed by atoms with Gasteiger partial charge in [0.2, 0.25) is 0 Å². The molecule has 0 unspecified atom stereocenters. The quantitative estimate of drug-likeness (QED) is 0.236. The number of carbonyl (C=O) groups excluding carboxylic acids is 1. The number of nitrogens with one attached hydrogen (secondary N) is 3. The van der Waals surface area contributed by atoms with Crippen LogP contribution in [0.5, 0.6) is 0 Å². The lowest BCUT2D eigenvalue weighted by molar-refractivity contribution is 0.0954. The third-order valence-corrected chi connectivity index (χ3v) is 4.45. The lowest BCUT2D eigenvalue weighted by Crippen LogP contribution is -2.44. The minimum Gasteiger partial charge on any atom is -0.355 e. The highest BCUT2D eigenvalue weighted by Crippen LogP contribution is 2.09. The molecule has 0 spiro atoms. The van der Waals surface area contributed by atoms with E-state index in [4.69, 9.17) is 11.6 Å². The first kappa shape index (κ1) is 23.0. The van der Waals surface area contributed by atoms with Gasteiger partial charge in [-0.3, -0.25) is 9.79 Å². The average Bonchev–Trinajstić information content (AvgIpc) is 2.65. The number of piperidine rings is 1. The number of hydrogen-bond donors (Lipinski definition) is 3. The van der Waals surface area contributed by atoms with Crippen LogP contribution < -0.4 is 16.0 Å². The van der Waals surface area contributed by atoms with Crippen LogP contribution in [0.25, 0.3) is 0 Å². The van der Waals surface area contributed by atoms with Crippen molar-refractivity contribution in [3.05, 3.63) is 34.9 Å². The number of halogens is 2. The van der Waals surface area contributed by atoms with Crippen LogP contribution in [0.1, 0.15) is 29.6 Å². The van der Waals surface area contributed by atoms with Crippen molar-refractivity contribution in [3.8, 4) is 0 Å². The van der Waals surface area contributed by atoms with Crippen LogP contribution in [0.2, 0.25) is 5.02 Å². The highest BCUT2D eigenvalue weighted by atomic mass is 127. The van der Waals surface area contributed by atoms with Crippen LogP contribution in [0, 0.1) is 0 Å². The first-order chi connectivity index (χ1) is 12.2. The Morgan fingerprint density at radius 1 is 1.04 bits per heavy atom. The molecule has 26 heavy (non-hydrogen) atoms. The van der Waals surface area contributed by atoms with Gasteiger partial charge in [0.25, 0.3) is 5.91 Å². The van der Waals surface area contributed by atoms with Crippen LogP contribution in [-0.2, 0) is 0 Å². The maximum atomic E-state index is 12.0. The third-order valence-electron chi connectivity index (χ3n) is 4.20. The first-order valence-corrected chi connectivity index (χ1v) is 9.27. The number of hydrogen-bond acceptors (Lipinski definition) is 3. The summed E-state index contributed by atoms with van der Waals surface area (Å²) in [5.41, 5.74) is 0.605. The normalized spacial score (nSPS) is 15.1. The number of rotatable bonds is 7. The van der Waals surface area contributed by atoms with E-state index in [-0.39, 0.29) is 29.9 Å². The van der Waals surface area contributed by atoms with Crippen molar-refractivity contribution < 1.29 is 4.79 Å². The predicted molar refractivity (Wildman–Crippen MR) is 119 cm³/mol. The van der Waals surface area contributed by atoms with Gasteiger partial charge >= 0.3 is 0 Å². The number of benzene rings is 1. The highest BCUT2D eigenvalue weighted by molar-refractivity contribution is 14.0. The zero-order valence-corrected chi connectivity index (χ0v) is 18.3. The highest BCUT2D eigenvalue weighted by Gasteiger charge is 2.09. The van der Waals surface area contributed by atoms with Crippen molar-refractivity contribution in [1.82, 2.24) is 20.9 Å². The Balaban J connectivity index is 0.00000338. The zero-order valence-electron chi connectivity index (χ0n) is 15.3. The summed E-state index contributed by atoms with van der Waals surface area (Å²) < 4.78 is 0. The molecule has 8 heteroatoms. The van der Waals surface area contributed by atoms with Gasteiger partial charge in [-0.1, -0.05) is 18.0 Å². The van der Waals surface area contributed by atoms with Crippen LogP contribution in [0.4, 0.5) is 0 Å². The number of likely N-dealkylation sites (tertiary alicyclic amines) is 1. The molecule has 2 rings (SSSR count). The molecule has 1 fully saturated rings. The summed E-state index contributed by atoms with van der Waals surface area (Å²) in [5.74, 6) is 0.657. The molecule has 3 N–H and O–H groups in total. The molecule has 1 aromatic rings. The summed E-state index contributed by atoms with van der Waals surface area (Å²) in [7, 11) is 1.75. The smallest absolute Gasteiger partial charge is 0.251 e. The standard InChI is InChI=1S/C18H28ClN5O.HI/c1-20-18(23-11-14-24-12-3-2-4-13-24)22-10-9-21-17(25)15-5-7-16(19)8-6-15;/h5-8H,2-4,9-14H2,1H3,(H,21,25)(H2,20,22,23);1H. The van der Waals surface area contributed by atoms with E-state index in [1.165, 1.54) is 32.4 Å². The van der Waals surface area contributed by atoms with E-state index >= 15 is 0 Å². The van der Waals surface area contributed by atoms with E-state index in [1.54, 1.807) is 31.3 Å². The molecule has 0 atom stereocenters. The maximum absolute atomic E-state index is 12.0. The lowest BCUT2D eigenvalue weighted by Gasteiger charge is -2.26. The van der Waals surface area contributed by atoms with Crippen molar-refractivity contribution in [3.63, 3.8) is 0 Å². The van der Waals surface area contributed by atoms with Crippen molar-refractivity contribution in [1.29, 1.82) is 0 Å². The lowest BCUT2D eigenvalue weighted by atomic mass is 10.1. The van der Waals surface area contributed by atoms with Gasteiger partial charge in [0.1, 0.15) is 0 Å². The number of guanidine groups is 1. The summed E-state index contributed by atoms with van der Waals surface area (Å²) in [5, 5.41) is 10.0. The molecule has 0 saturated carbocycles. The van der Waals surface area contributed by atoms with E-state index in [2.05, 4.69) is 25.8 Å². The Morgan fingerprint density at radius 2 is 1.65 bits per heavy atom. The van der Waals surface area contributed by atoms with Gasteiger partial charge in [0.15, 0.2) is 5.96 Å². The molecule has 0 bridgehead atoms. The van der Waals surface area contributed by atoms with E-state index < -0.39 is 0 Å². The maximum Gasteiger partial charge on any atom is 0.251 e. The monoisotopic (exact) mass is 493 g/mol. The summed E-state index contributed by atoms with van der Waals surface area (Å²) in [6, 6.07) is 6.85. The molecule has 146 valence electrons. The van der Waals surface area contributed by atoms with Crippen LogP contribution >= 0.6 is 35.6 Å². The van der Waals surface area contributed by atoms with Gasteiger partial charge in [-0.25, -0.2) is 0 Å². The Labute approximate surface area is 178 Å². The van der Waals surface area contributed by atoms with Gasteiger partial charge in [-0.05, 0) is 50.2 Å². The summed E-state index contributed by atoms with van der Waals surface area (Å²) >= 11 is 5.82. The average molecular weight is 494 g/mol. The Kier molecular flexibility index (Phi) is 11.6. The van der Waals surface area contributed by atoms with E-state index in [9.17, 15) is 4.79 Å². The fraction of sp³-hybridized carbons (Fsp3) is 0.556. The number of nitrogens with zero attached hydrogens (tertiary/aromatic N) is 2. The summed E-state index contributed by atoms with van der Waals surface area (Å²) in [6.07, 6.45) is 3.97. The molecular weight excluding hydrogens is 465 g/mol. The summed E-state index contributed by atoms with van der Waals surface area (Å²) in [4.78, 5) is 18.7. The zero-order chi connectivity index (χ0) is 17.9. The minimum absolute atomic E-state index is 0.